The second-order valence-corrected chi connectivity index (χ2v) is 9.85. The zero-order chi connectivity index (χ0) is 25.4. The van der Waals surface area contributed by atoms with E-state index in [0.717, 1.165) is 24.0 Å². The molecule has 1 fully saturated rings. The lowest BCUT2D eigenvalue weighted by molar-refractivity contribution is -0.157. The quantitative estimate of drug-likeness (QED) is 0.552. The number of aliphatic hydroxyl groups is 1. The zero-order valence-electron chi connectivity index (χ0n) is 20.8. The van der Waals surface area contributed by atoms with Gasteiger partial charge in [-0.2, -0.15) is 0 Å². The summed E-state index contributed by atoms with van der Waals surface area (Å²) in [5.74, 6) is -1.61. The SMILES string of the molecule is CC(C)(C)OC(=O)N1CCCCN1C[C@@H](O)[C@@H](C(=O)OCc1ccccc1)C(N)c1ccccc1. The molecule has 1 saturated heterocycles. The summed E-state index contributed by atoms with van der Waals surface area (Å²) in [6.07, 6.45) is 0.0501. The van der Waals surface area contributed by atoms with Gasteiger partial charge in [0.2, 0.25) is 0 Å². The van der Waals surface area contributed by atoms with Crippen LogP contribution < -0.4 is 5.73 Å². The van der Waals surface area contributed by atoms with Gasteiger partial charge in [0.05, 0.1) is 6.10 Å². The van der Waals surface area contributed by atoms with Crippen molar-refractivity contribution in [2.24, 2.45) is 11.7 Å². The van der Waals surface area contributed by atoms with Crippen molar-refractivity contribution in [2.45, 2.75) is 58.0 Å². The van der Waals surface area contributed by atoms with Crippen molar-refractivity contribution in [3.63, 3.8) is 0 Å². The molecule has 3 N–H and O–H groups in total. The summed E-state index contributed by atoms with van der Waals surface area (Å²) in [6, 6.07) is 17.7. The van der Waals surface area contributed by atoms with Crippen LogP contribution in [0.2, 0.25) is 0 Å². The number of ether oxygens (including phenoxy) is 2. The van der Waals surface area contributed by atoms with Gasteiger partial charge < -0.3 is 20.3 Å². The smallest absolute Gasteiger partial charge is 0.424 e. The third-order valence-electron chi connectivity index (χ3n) is 5.86. The van der Waals surface area contributed by atoms with Crippen LogP contribution in [0, 0.1) is 5.92 Å². The van der Waals surface area contributed by atoms with Crippen LogP contribution in [0.15, 0.2) is 60.7 Å². The van der Waals surface area contributed by atoms with E-state index in [9.17, 15) is 14.7 Å². The van der Waals surface area contributed by atoms with Gasteiger partial charge in [-0.05, 0) is 44.7 Å². The average molecular weight is 484 g/mol. The minimum Gasteiger partial charge on any atom is -0.460 e. The van der Waals surface area contributed by atoms with Gasteiger partial charge in [0, 0.05) is 25.7 Å². The molecule has 2 aromatic rings. The number of benzene rings is 2. The van der Waals surface area contributed by atoms with Gasteiger partial charge in [-0.1, -0.05) is 60.7 Å². The summed E-state index contributed by atoms with van der Waals surface area (Å²) >= 11 is 0. The molecule has 3 rings (SSSR count). The monoisotopic (exact) mass is 483 g/mol. The van der Waals surface area contributed by atoms with Crippen molar-refractivity contribution in [2.75, 3.05) is 19.6 Å². The Morgan fingerprint density at radius 2 is 1.60 bits per heavy atom. The molecular weight excluding hydrogens is 446 g/mol. The van der Waals surface area contributed by atoms with E-state index in [1.54, 1.807) is 5.01 Å². The van der Waals surface area contributed by atoms with E-state index in [1.165, 1.54) is 5.01 Å². The number of esters is 1. The predicted molar refractivity (Wildman–Crippen MR) is 133 cm³/mol. The fourth-order valence-corrected chi connectivity index (χ4v) is 4.11. The normalized spacial score (nSPS) is 17.3. The minimum atomic E-state index is -1.17. The lowest BCUT2D eigenvalue weighted by atomic mass is 9.88. The summed E-state index contributed by atoms with van der Waals surface area (Å²) in [5.41, 5.74) is 7.43. The molecule has 35 heavy (non-hydrogen) atoms. The van der Waals surface area contributed by atoms with Gasteiger partial charge in [0.25, 0.3) is 0 Å². The molecule has 8 nitrogen and oxygen atoms in total. The van der Waals surface area contributed by atoms with Gasteiger partial charge in [-0.15, -0.1) is 0 Å². The van der Waals surface area contributed by atoms with Crippen molar-refractivity contribution in [1.82, 2.24) is 10.0 Å². The van der Waals surface area contributed by atoms with Crippen LogP contribution in [0.3, 0.4) is 0 Å². The third kappa shape index (κ3) is 7.78. The van der Waals surface area contributed by atoms with Crippen molar-refractivity contribution in [1.29, 1.82) is 0 Å². The highest BCUT2D eigenvalue weighted by atomic mass is 16.6. The number of amides is 1. The molecule has 1 heterocycles. The van der Waals surface area contributed by atoms with E-state index in [-0.39, 0.29) is 13.2 Å². The number of β-amino-alcohol motifs (C(OH)–C–C–N with tert-alkyl or cyclic N) is 1. The highest BCUT2D eigenvalue weighted by Crippen LogP contribution is 2.26. The Balaban J connectivity index is 1.77. The first-order valence-electron chi connectivity index (χ1n) is 12.1. The minimum absolute atomic E-state index is 0.0465. The molecule has 1 amide bonds. The Bertz CT molecular complexity index is 948. The highest BCUT2D eigenvalue weighted by molar-refractivity contribution is 5.74. The van der Waals surface area contributed by atoms with Gasteiger partial charge in [0.15, 0.2) is 0 Å². The largest absolute Gasteiger partial charge is 0.460 e. The van der Waals surface area contributed by atoms with Crippen LogP contribution in [0.4, 0.5) is 4.79 Å². The molecule has 190 valence electrons. The second kappa shape index (κ2) is 12.2. The molecule has 0 aliphatic carbocycles. The zero-order valence-corrected chi connectivity index (χ0v) is 20.8. The van der Waals surface area contributed by atoms with Crippen LogP contribution >= 0.6 is 0 Å². The van der Waals surface area contributed by atoms with Crippen molar-refractivity contribution >= 4 is 12.1 Å². The molecule has 0 bridgehead atoms. The first-order valence-corrected chi connectivity index (χ1v) is 12.1. The number of rotatable bonds is 8. The summed E-state index contributed by atoms with van der Waals surface area (Å²) < 4.78 is 11.1. The van der Waals surface area contributed by atoms with E-state index in [1.807, 2.05) is 81.4 Å². The third-order valence-corrected chi connectivity index (χ3v) is 5.86. The fraction of sp³-hybridized carbons (Fsp3) is 0.481. The van der Waals surface area contributed by atoms with Crippen molar-refractivity contribution < 1.29 is 24.2 Å². The Morgan fingerprint density at radius 3 is 2.23 bits per heavy atom. The molecule has 0 radical (unpaired) electrons. The Morgan fingerprint density at radius 1 is 1.00 bits per heavy atom. The van der Waals surface area contributed by atoms with Crippen LogP contribution in [-0.4, -0.2) is 58.5 Å². The van der Waals surface area contributed by atoms with Gasteiger partial charge in [-0.25, -0.2) is 14.8 Å². The highest BCUT2D eigenvalue weighted by Gasteiger charge is 2.38. The van der Waals surface area contributed by atoms with Crippen LogP contribution in [0.5, 0.6) is 0 Å². The van der Waals surface area contributed by atoms with Crippen LogP contribution in [-0.2, 0) is 20.9 Å². The van der Waals surface area contributed by atoms with E-state index in [2.05, 4.69) is 0 Å². The number of nitrogens with zero attached hydrogens (tertiary/aromatic N) is 2. The maximum absolute atomic E-state index is 13.2. The average Bonchev–Trinajstić information content (AvgIpc) is 2.83. The first kappa shape index (κ1) is 26.7. The molecule has 0 aromatic heterocycles. The summed E-state index contributed by atoms with van der Waals surface area (Å²) in [7, 11) is 0. The van der Waals surface area contributed by atoms with Gasteiger partial charge >= 0.3 is 12.1 Å². The number of hydrogen-bond donors (Lipinski definition) is 2. The lowest BCUT2D eigenvalue weighted by Gasteiger charge is -2.41. The molecule has 8 heteroatoms. The molecule has 0 saturated carbocycles. The number of nitrogens with two attached hydrogens (primary N) is 1. The molecule has 2 aromatic carbocycles. The van der Waals surface area contributed by atoms with E-state index in [0.29, 0.717) is 13.1 Å². The number of carbonyl (C=O) groups is 2. The predicted octanol–water partition coefficient (Wildman–Crippen LogP) is 3.65. The van der Waals surface area contributed by atoms with Crippen molar-refractivity contribution in [3.8, 4) is 0 Å². The molecule has 3 atom stereocenters. The molecule has 1 aliphatic rings. The van der Waals surface area contributed by atoms with Crippen molar-refractivity contribution in [3.05, 3.63) is 71.8 Å². The number of aliphatic hydroxyl groups excluding tert-OH is 1. The second-order valence-electron chi connectivity index (χ2n) is 9.85. The summed E-state index contributed by atoms with van der Waals surface area (Å²) in [5, 5.41) is 14.6. The maximum Gasteiger partial charge on any atom is 0.424 e. The molecular formula is C27H37N3O5. The van der Waals surface area contributed by atoms with E-state index >= 15 is 0 Å². The standard InChI is InChI=1S/C27H37N3O5/c1-27(2,3)35-26(33)30-17-11-10-16-29(30)18-22(31)23(24(28)21-14-8-5-9-15-21)25(32)34-19-20-12-6-4-7-13-20/h4-9,12-15,22-24,31H,10-11,16-19,28H2,1-3H3/t22-,23-,24?/m1/s1. The molecule has 0 spiro atoms. The fourth-order valence-electron chi connectivity index (χ4n) is 4.11. The lowest BCUT2D eigenvalue weighted by Crippen LogP contribution is -2.55. The van der Waals surface area contributed by atoms with Gasteiger partial charge in [-0.3, -0.25) is 4.79 Å². The van der Waals surface area contributed by atoms with Crippen LogP contribution in [0.25, 0.3) is 0 Å². The Hall–Kier alpha value is -2.94. The number of hydrogen-bond acceptors (Lipinski definition) is 7. The maximum atomic E-state index is 13.2. The van der Waals surface area contributed by atoms with Gasteiger partial charge in [0.1, 0.15) is 18.1 Å². The number of hydrazine groups is 1. The first-order chi connectivity index (χ1) is 16.7. The number of carbonyl (C=O) groups excluding carboxylic acids is 2. The van der Waals surface area contributed by atoms with E-state index in [4.69, 9.17) is 15.2 Å². The Kier molecular flexibility index (Phi) is 9.26. The Labute approximate surface area is 207 Å². The molecule has 1 aliphatic heterocycles. The topological polar surface area (TPSA) is 105 Å². The summed E-state index contributed by atoms with van der Waals surface area (Å²) in [6.45, 7) is 6.60. The molecule has 1 unspecified atom stereocenters. The summed E-state index contributed by atoms with van der Waals surface area (Å²) in [4.78, 5) is 26.0. The van der Waals surface area contributed by atoms with Crippen LogP contribution in [0.1, 0.15) is 50.8 Å². The van der Waals surface area contributed by atoms with E-state index < -0.39 is 35.7 Å².